The number of rotatable bonds is 9. The topological polar surface area (TPSA) is 74.5 Å². The quantitative estimate of drug-likeness (QED) is 0.190. The smallest absolute Gasteiger partial charge is 0.374 e. The van der Waals surface area contributed by atoms with E-state index in [2.05, 4.69) is 27.5 Å². The van der Waals surface area contributed by atoms with Crippen molar-refractivity contribution in [2.24, 2.45) is 12.0 Å². The molecule has 1 atom stereocenters. The Labute approximate surface area is 198 Å². The molecule has 174 valence electrons. The van der Waals surface area contributed by atoms with Crippen LogP contribution in [0.3, 0.4) is 0 Å². The zero-order valence-corrected chi connectivity index (χ0v) is 20.4. The van der Waals surface area contributed by atoms with Gasteiger partial charge in [0.15, 0.2) is 5.96 Å². The van der Waals surface area contributed by atoms with Crippen LogP contribution in [0, 0.1) is 6.92 Å². The fraction of sp³-hybridized carbons (Fsp3) is 0.524. The number of hydrogen-bond donors (Lipinski definition) is 3. The minimum Gasteiger partial charge on any atom is -0.374 e. The van der Waals surface area contributed by atoms with Gasteiger partial charge in [0.1, 0.15) is 5.82 Å². The second kappa shape index (κ2) is 12.3. The van der Waals surface area contributed by atoms with Crippen molar-refractivity contribution in [3.63, 3.8) is 0 Å². The molecule has 1 unspecified atom stereocenters. The van der Waals surface area contributed by atoms with Gasteiger partial charge in [-0.1, -0.05) is 43.2 Å². The first-order chi connectivity index (χ1) is 14.2. The molecule has 0 fully saturated rings. The summed E-state index contributed by atoms with van der Waals surface area (Å²) < 4.78 is 42.1. The highest BCUT2D eigenvalue weighted by atomic mass is 127. The Balaban J connectivity index is 0.00000480. The third-order valence-corrected chi connectivity index (χ3v) is 4.80. The van der Waals surface area contributed by atoms with Crippen molar-refractivity contribution >= 4 is 29.9 Å². The van der Waals surface area contributed by atoms with E-state index in [4.69, 9.17) is 0 Å². The minimum atomic E-state index is -4.86. The van der Waals surface area contributed by atoms with Gasteiger partial charge < -0.3 is 20.3 Å². The molecule has 1 aromatic carbocycles. The van der Waals surface area contributed by atoms with Crippen LogP contribution >= 0.6 is 24.0 Å². The molecule has 0 aliphatic rings. The second-order valence-electron chi connectivity index (χ2n) is 7.33. The van der Waals surface area contributed by atoms with Crippen molar-refractivity contribution in [2.45, 2.75) is 51.4 Å². The average Bonchev–Trinajstić information content (AvgIpc) is 3.12. The molecule has 0 bridgehead atoms. The zero-order valence-electron chi connectivity index (χ0n) is 18.0. The first-order valence-electron chi connectivity index (χ1n) is 10.0. The maximum absolute atomic E-state index is 13.6. The van der Waals surface area contributed by atoms with Crippen LogP contribution in [0.4, 0.5) is 13.2 Å². The monoisotopic (exact) mass is 553 g/mol. The Morgan fingerprint density at radius 3 is 2.35 bits per heavy atom. The number of guanidine groups is 1. The number of halogens is 4. The van der Waals surface area contributed by atoms with E-state index in [1.54, 1.807) is 0 Å². The number of nitrogens with one attached hydrogen (secondary N) is 2. The number of aryl methyl sites for hydroxylation is 2. The number of alkyl halides is 3. The van der Waals surface area contributed by atoms with Crippen LogP contribution in [0.25, 0.3) is 0 Å². The predicted molar refractivity (Wildman–Crippen MR) is 126 cm³/mol. The third kappa shape index (κ3) is 7.67. The molecule has 0 aliphatic carbocycles. The number of aromatic nitrogens is 2. The Morgan fingerprint density at radius 1 is 1.16 bits per heavy atom. The summed E-state index contributed by atoms with van der Waals surface area (Å²) in [5.74, 6) is -0.0257. The maximum atomic E-state index is 13.6. The Bertz CT molecular complexity index is 823. The largest absolute Gasteiger partial charge is 0.424 e. The number of aliphatic hydroxyl groups is 1. The molecule has 0 radical (unpaired) electrons. The van der Waals surface area contributed by atoms with Crippen molar-refractivity contribution in [1.29, 1.82) is 0 Å². The van der Waals surface area contributed by atoms with Gasteiger partial charge in [0, 0.05) is 39.0 Å². The first kappa shape index (κ1) is 27.2. The van der Waals surface area contributed by atoms with Crippen LogP contribution in [-0.2, 0) is 19.2 Å². The highest BCUT2D eigenvalue weighted by Gasteiger charge is 2.57. The highest BCUT2D eigenvalue weighted by molar-refractivity contribution is 14.0. The van der Waals surface area contributed by atoms with Crippen LogP contribution in [0.1, 0.15) is 43.1 Å². The van der Waals surface area contributed by atoms with Gasteiger partial charge in [0.2, 0.25) is 5.60 Å². The standard InChI is InChI=1S/C21H30F3N5O.HI/c1-4-5-11-26-19(28-15-17-8-6-16(2)7-9-17)27-12-10-20(30,21(22,23)24)18-25-13-14-29(18)3;/h6-9,13-14,30H,4-5,10-12,15H2,1-3H3,(H2,26,27,28);1H. The van der Waals surface area contributed by atoms with E-state index in [9.17, 15) is 18.3 Å². The van der Waals surface area contributed by atoms with Crippen LogP contribution in [0.5, 0.6) is 0 Å². The fourth-order valence-corrected chi connectivity index (χ4v) is 2.93. The van der Waals surface area contributed by atoms with Gasteiger partial charge in [-0.2, -0.15) is 13.2 Å². The first-order valence-corrected chi connectivity index (χ1v) is 10.0. The molecule has 0 saturated carbocycles. The number of benzene rings is 1. The lowest BCUT2D eigenvalue weighted by atomic mass is 9.97. The molecular formula is C21H31F3IN5O. The van der Waals surface area contributed by atoms with E-state index in [0.717, 1.165) is 24.0 Å². The fourth-order valence-electron chi connectivity index (χ4n) is 2.93. The van der Waals surface area contributed by atoms with Gasteiger partial charge in [0.25, 0.3) is 0 Å². The summed E-state index contributed by atoms with van der Waals surface area (Å²) in [5, 5.41) is 16.5. The average molecular weight is 553 g/mol. The molecule has 0 spiro atoms. The van der Waals surface area contributed by atoms with Crippen LogP contribution in [0.15, 0.2) is 41.7 Å². The summed E-state index contributed by atoms with van der Waals surface area (Å²) in [6, 6.07) is 7.90. The van der Waals surface area contributed by atoms with Crippen molar-refractivity contribution in [3.05, 3.63) is 53.6 Å². The summed E-state index contributed by atoms with van der Waals surface area (Å²) in [7, 11) is 1.42. The van der Waals surface area contributed by atoms with Crippen LogP contribution < -0.4 is 10.6 Å². The lowest BCUT2D eigenvalue weighted by Gasteiger charge is -2.30. The van der Waals surface area contributed by atoms with Gasteiger partial charge in [-0.05, 0) is 18.9 Å². The predicted octanol–water partition coefficient (Wildman–Crippen LogP) is 4.02. The Morgan fingerprint density at radius 2 is 1.81 bits per heavy atom. The number of hydrogen-bond acceptors (Lipinski definition) is 3. The van der Waals surface area contributed by atoms with Crippen molar-refractivity contribution in [1.82, 2.24) is 20.2 Å². The molecule has 2 aromatic rings. The molecule has 10 heteroatoms. The molecule has 2 rings (SSSR count). The molecule has 1 heterocycles. The summed E-state index contributed by atoms with van der Waals surface area (Å²) >= 11 is 0. The van der Waals surface area contributed by atoms with Crippen molar-refractivity contribution in [3.8, 4) is 0 Å². The summed E-state index contributed by atoms with van der Waals surface area (Å²) in [6.07, 6.45) is -0.959. The number of imidazole rings is 1. The van der Waals surface area contributed by atoms with Crippen LogP contribution in [-0.4, -0.2) is 39.9 Å². The maximum Gasteiger partial charge on any atom is 0.424 e. The van der Waals surface area contributed by atoms with Gasteiger partial charge in [-0.15, -0.1) is 24.0 Å². The van der Waals surface area contributed by atoms with E-state index >= 15 is 0 Å². The van der Waals surface area contributed by atoms with E-state index in [1.165, 1.54) is 24.0 Å². The third-order valence-electron chi connectivity index (χ3n) is 4.80. The van der Waals surface area contributed by atoms with Gasteiger partial charge in [-0.25, -0.2) is 9.98 Å². The van der Waals surface area contributed by atoms with Gasteiger partial charge in [-0.3, -0.25) is 0 Å². The van der Waals surface area contributed by atoms with E-state index in [-0.39, 0.29) is 30.5 Å². The van der Waals surface area contributed by atoms with Crippen molar-refractivity contribution in [2.75, 3.05) is 13.1 Å². The molecule has 0 amide bonds. The zero-order chi connectivity index (χ0) is 22.2. The Hall–Kier alpha value is -1.82. The van der Waals surface area contributed by atoms with E-state index in [0.29, 0.717) is 19.0 Å². The van der Waals surface area contributed by atoms with Gasteiger partial charge in [0.05, 0.1) is 6.54 Å². The summed E-state index contributed by atoms with van der Waals surface area (Å²) in [4.78, 5) is 8.18. The molecule has 1 aromatic heterocycles. The lowest BCUT2D eigenvalue weighted by molar-refractivity contribution is -0.272. The molecule has 0 aliphatic heterocycles. The molecular weight excluding hydrogens is 522 g/mol. The SMILES string of the molecule is CCCCNC(=NCc1ccc(C)cc1)NCCC(O)(c1nccn1C)C(F)(F)F.I. The summed E-state index contributed by atoms with van der Waals surface area (Å²) in [6.45, 7) is 4.96. The lowest BCUT2D eigenvalue weighted by Crippen LogP contribution is -2.48. The normalized spacial score (nSPS) is 14.0. The van der Waals surface area contributed by atoms with E-state index < -0.39 is 24.0 Å². The molecule has 0 saturated heterocycles. The van der Waals surface area contributed by atoms with Crippen LogP contribution in [0.2, 0.25) is 0 Å². The number of unbranched alkanes of at least 4 members (excludes halogenated alkanes) is 1. The molecule has 6 nitrogen and oxygen atoms in total. The second-order valence-corrected chi connectivity index (χ2v) is 7.33. The van der Waals surface area contributed by atoms with Crippen molar-refractivity contribution < 1.29 is 18.3 Å². The van der Waals surface area contributed by atoms with Gasteiger partial charge >= 0.3 is 6.18 Å². The summed E-state index contributed by atoms with van der Waals surface area (Å²) in [5.41, 5.74) is -0.913. The highest BCUT2D eigenvalue weighted by Crippen LogP contribution is 2.40. The number of aliphatic imine (C=N–C) groups is 1. The molecule has 3 N–H and O–H groups in total. The minimum absolute atomic E-state index is 0. The van der Waals surface area contributed by atoms with E-state index in [1.807, 2.05) is 31.2 Å². The number of nitrogens with zero attached hydrogens (tertiary/aromatic N) is 3. The Kier molecular flexibility index (Phi) is 10.8. The molecule has 31 heavy (non-hydrogen) atoms.